The van der Waals surface area contributed by atoms with E-state index in [2.05, 4.69) is 15.7 Å². The summed E-state index contributed by atoms with van der Waals surface area (Å²) >= 11 is 6.06. The summed E-state index contributed by atoms with van der Waals surface area (Å²) in [5.74, 6) is 0.147. The van der Waals surface area contributed by atoms with Crippen molar-refractivity contribution in [2.75, 3.05) is 5.32 Å². The first-order chi connectivity index (χ1) is 14.8. The Balaban J connectivity index is 1.84. The summed E-state index contributed by atoms with van der Waals surface area (Å²) in [5, 5.41) is 10.7. The summed E-state index contributed by atoms with van der Waals surface area (Å²) in [7, 11) is 0. The van der Waals surface area contributed by atoms with Gasteiger partial charge in [0.05, 0.1) is 5.39 Å². The quantitative estimate of drug-likeness (QED) is 0.661. The van der Waals surface area contributed by atoms with Crippen molar-refractivity contribution in [1.29, 1.82) is 0 Å². The standard InChI is InChI=1S/C21H26ClF3N4O3/c1-20(2,3)32-19(31)27-14-6-4-5-13(10-14)26-17-16-9-12(22)7-8-15(16)18(30)29(28-17)11-21(23,24)25/h7-9,13-14H,4-6,10-11H2,1-3H3,(H,26,28)(H,27,31)/t13-,14+/m0/s1. The number of nitrogens with one attached hydrogen (secondary N) is 2. The monoisotopic (exact) mass is 474 g/mol. The number of ether oxygens (including phenoxy) is 1. The molecule has 0 aliphatic heterocycles. The molecule has 1 heterocycles. The number of nitrogens with zero attached hydrogens (tertiary/aromatic N) is 2. The largest absolute Gasteiger partial charge is 0.444 e. The second-order valence-corrected chi connectivity index (χ2v) is 9.40. The van der Waals surface area contributed by atoms with E-state index in [0.717, 1.165) is 19.3 Å². The molecule has 1 saturated carbocycles. The number of fused-ring (bicyclic) bond motifs is 1. The minimum atomic E-state index is -4.60. The Hall–Kier alpha value is -2.49. The van der Waals surface area contributed by atoms with Gasteiger partial charge in [0, 0.05) is 22.5 Å². The third-order valence-corrected chi connectivity index (χ3v) is 5.22. The number of hydrogen-bond donors (Lipinski definition) is 2. The Kier molecular flexibility index (Phi) is 6.92. The van der Waals surface area contributed by atoms with Crippen LogP contribution in [-0.2, 0) is 11.3 Å². The number of carbonyl (C=O) groups is 1. The molecule has 1 aliphatic carbocycles. The van der Waals surface area contributed by atoms with Gasteiger partial charge in [0.25, 0.3) is 5.56 Å². The van der Waals surface area contributed by atoms with Crippen LogP contribution in [0.15, 0.2) is 23.0 Å². The van der Waals surface area contributed by atoms with Crippen molar-refractivity contribution in [3.63, 3.8) is 0 Å². The topological polar surface area (TPSA) is 85.2 Å². The number of anilines is 1. The number of rotatable bonds is 4. The summed E-state index contributed by atoms with van der Waals surface area (Å²) in [4.78, 5) is 24.6. The van der Waals surface area contributed by atoms with Crippen molar-refractivity contribution in [1.82, 2.24) is 15.1 Å². The minimum Gasteiger partial charge on any atom is -0.444 e. The predicted molar refractivity (Wildman–Crippen MR) is 116 cm³/mol. The Labute approximate surface area is 188 Å². The smallest absolute Gasteiger partial charge is 0.408 e. The average Bonchev–Trinajstić information content (AvgIpc) is 2.63. The molecule has 2 N–H and O–H groups in total. The normalized spacial score (nSPS) is 19.6. The molecule has 2 aromatic rings. The number of carbonyl (C=O) groups excluding carboxylic acids is 1. The maximum absolute atomic E-state index is 13.0. The van der Waals surface area contributed by atoms with Gasteiger partial charge < -0.3 is 15.4 Å². The van der Waals surface area contributed by atoms with E-state index in [9.17, 15) is 22.8 Å². The van der Waals surface area contributed by atoms with E-state index in [0.29, 0.717) is 21.5 Å². The van der Waals surface area contributed by atoms with Gasteiger partial charge in [-0.2, -0.15) is 18.3 Å². The van der Waals surface area contributed by atoms with Crippen LogP contribution in [0, 0.1) is 0 Å². The molecule has 1 aromatic carbocycles. The Morgan fingerprint density at radius 2 is 1.91 bits per heavy atom. The fourth-order valence-corrected chi connectivity index (χ4v) is 3.93. The molecule has 2 atom stereocenters. The maximum atomic E-state index is 13.0. The van der Waals surface area contributed by atoms with Gasteiger partial charge in [0.15, 0.2) is 5.82 Å². The number of halogens is 4. The van der Waals surface area contributed by atoms with Gasteiger partial charge in [-0.15, -0.1) is 0 Å². The van der Waals surface area contributed by atoms with E-state index in [1.54, 1.807) is 20.8 Å². The molecule has 1 aliphatic rings. The number of alkyl halides is 3. The van der Waals surface area contributed by atoms with E-state index >= 15 is 0 Å². The van der Waals surface area contributed by atoms with E-state index in [-0.39, 0.29) is 23.3 Å². The highest BCUT2D eigenvalue weighted by atomic mass is 35.5. The van der Waals surface area contributed by atoms with Gasteiger partial charge in [0.2, 0.25) is 0 Å². The maximum Gasteiger partial charge on any atom is 0.408 e. The van der Waals surface area contributed by atoms with Crippen molar-refractivity contribution in [2.45, 2.75) is 76.9 Å². The lowest BCUT2D eigenvalue weighted by atomic mass is 9.91. The Bertz CT molecular complexity index is 1050. The molecule has 11 heteroatoms. The average molecular weight is 475 g/mol. The summed E-state index contributed by atoms with van der Waals surface area (Å²) in [6.07, 6.45) is -2.31. The van der Waals surface area contributed by atoms with Gasteiger partial charge in [0.1, 0.15) is 12.1 Å². The van der Waals surface area contributed by atoms with E-state index in [1.165, 1.54) is 18.2 Å². The lowest BCUT2D eigenvalue weighted by Crippen LogP contribution is -2.44. The molecule has 176 valence electrons. The molecule has 1 amide bonds. The lowest BCUT2D eigenvalue weighted by molar-refractivity contribution is -0.143. The van der Waals surface area contributed by atoms with Crippen LogP contribution in [0.1, 0.15) is 46.5 Å². The molecule has 0 radical (unpaired) electrons. The fourth-order valence-electron chi connectivity index (χ4n) is 3.76. The van der Waals surface area contributed by atoms with Crippen molar-refractivity contribution in [2.24, 2.45) is 0 Å². The summed E-state index contributed by atoms with van der Waals surface area (Å²) in [6, 6.07) is 4.02. The number of alkyl carbamates (subject to hydrolysis) is 1. The molecule has 1 aromatic heterocycles. The zero-order valence-corrected chi connectivity index (χ0v) is 18.8. The molecule has 32 heavy (non-hydrogen) atoms. The molecule has 0 bridgehead atoms. The van der Waals surface area contributed by atoms with Gasteiger partial charge in [-0.1, -0.05) is 11.6 Å². The van der Waals surface area contributed by atoms with Crippen LogP contribution < -0.4 is 16.2 Å². The molecule has 0 spiro atoms. The molecule has 0 saturated heterocycles. The van der Waals surface area contributed by atoms with E-state index in [4.69, 9.17) is 16.3 Å². The van der Waals surface area contributed by atoms with E-state index in [1.807, 2.05) is 0 Å². The predicted octanol–water partition coefficient (Wildman–Crippen LogP) is 4.86. The van der Waals surface area contributed by atoms with Crippen LogP contribution in [0.5, 0.6) is 0 Å². The number of amides is 1. The molecular formula is C21H26ClF3N4O3. The summed E-state index contributed by atoms with van der Waals surface area (Å²) < 4.78 is 44.6. The summed E-state index contributed by atoms with van der Waals surface area (Å²) in [5.41, 5.74) is -1.46. The third-order valence-electron chi connectivity index (χ3n) is 4.99. The van der Waals surface area contributed by atoms with Gasteiger partial charge in [-0.05, 0) is 64.7 Å². The van der Waals surface area contributed by atoms with Crippen molar-refractivity contribution in [3.8, 4) is 0 Å². The van der Waals surface area contributed by atoms with Crippen molar-refractivity contribution >= 4 is 34.3 Å². The van der Waals surface area contributed by atoms with Crippen LogP contribution in [0.4, 0.5) is 23.8 Å². The summed E-state index contributed by atoms with van der Waals surface area (Å²) in [6.45, 7) is 3.83. The number of aromatic nitrogens is 2. The van der Waals surface area contributed by atoms with Gasteiger partial charge >= 0.3 is 12.3 Å². The Morgan fingerprint density at radius 1 is 1.22 bits per heavy atom. The number of benzene rings is 1. The molecular weight excluding hydrogens is 449 g/mol. The van der Waals surface area contributed by atoms with Crippen LogP contribution in [0.25, 0.3) is 10.8 Å². The first-order valence-corrected chi connectivity index (χ1v) is 10.7. The van der Waals surface area contributed by atoms with Crippen LogP contribution in [0.3, 0.4) is 0 Å². The minimum absolute atomic E-state index is 0.0930. The molecule has 7 nitrogen and oxygen atoms in total. The first-order valence-electron chi connectivity index (χ1n) is 10.3. The Morgan fingerprint density at radius 3 is 2.56 bits per heavy atom. The molecule has 3 rings (SSSR count). The number of hydrogen-bond acceptors (Lipinski definition) is 5. The second-order valence-electron chi connectivity index (χ2n) is 8.97. The lowest BCUT2D eigenvalue weighted by Gasteiger charge is -2.31. The van der Waals surface area contributed by atoms with Crippen LogP contribution in [0.2, 0.25) is 5.02 Å². The molecule has 0 unspecified atom stereocenters. The van der Waals surface area contributed by atoms with Crippen LogP contribution >= 0.6 is 11.6 Å². The highest BCUT2D eigenvalue weighted by Gasteiger charge is 2.31. The van der Waals surface area contributed by atoms with E-state index < -0.39 is 30.0 Å². The van der Waals surface area contributed by atoms with Crippen molar-refractivity contribution in [3.05, 3.63) is 33.6 Å². The van der Waals surface area contributed by atoms with Gasteiger partial charge in [-0.3, -0.25) is 4.79 Å². The fraction of sp³-hybridized carbons (Fsp3) is 0.571. The third kappa shape index (κ3) is 6.51. The molecule has 1 fully saturated rings. The zero-order chi connectivity index (χ0) is 23.7. The zero-order valence-electron chi connectivity index (χ0n) is 18.1. The second kappa shape index (κ2) is 9.17. The SMILES string of the molecule is CC(C)(C)OC(=O)N[C@@H]1CCC[C@H](Nc2nn(CC(F)(F)F)c(=O)c3ccc(Cl)cc23)C1. The first kappa shape index (κ1) is 24.2. The van der Waals surface area contributed by atoms with Crippen molar-refractivity contribution < 1.29 is 22.7 Å². The highest BCUT2D eigenvalue weighted by molar-refractivity contribution is 6.31. The highest BCUT2D eigenvalue weighted by Crippen LogP contribution is 2.27. The van der Waals surface area contributed by atoms with Crippen LogP contribution in [-0.4, -0.2) is 39.7 Å². The van der Waals surface area contributed by atoms with Gasteiger partial charge in [-0.25, -0.2) is 9.48 Å².